The Morgan fingerprint density at radius 1 is 1.00 bits per heavy atom. The number of nitrogens with one attached hydrogen (secondary N) is 1. The summed E-state index contributed by atoms with van der Waals surface area (Å²) in [5.41, 5.74) is 8.24. The van der Waals surface area contributed by atoms with Crippen molar-refractivity contribution in [1.82, 2.24) is 0 Å². The van der Waals surface area contributed by atoms with Crippen LogP contribution in [-0.4, -0.2) is 6.54 Å². The van der Waals surface area contributed by atoms with Gasteiger partial charge < -0.3 is 5.32 Å². The summed E-state index contributed by atoms with van der Waals surface area (Å²) < 4.78 is 0. The molecule has 0 saturated carbocycles. The van der Waals surface area contributed by atoms with Gasteiger partial charge in [-0.2, -0.15) is 0 Å². The van der Waals surface area contributed by atoms with Crippen molar-refractivity contribution in [2.45, 2.75) is 20.3 Å². The highest BCUT2D eigenvalue weighted by molar-refractivity contribution is 5.77. The maximum atomic E-state index is 3.44. The van der Waals surface area contributed by atoms with E-state index in [2.05, 4.69) is 55.6 Å². The second-order valence-electron chi connectivity index (χ2n) is 4.83. The van der Waals surface area contributed by atoms with Gasteiger partial charge in [-0.15, -0.1) is 0 Å². The van der Waals surface area contributed by atoms with E-state index >= 15 is 0 Å². The Balaban J connectivity index is 2.19. The van der Waals surface area contributed by atoms with Crippen molar-refractivity contribution in [3.05, 3.63) is 53.1 Å². The minimum Gasteiger partial charge on any atom is -0.384 e. The minimum absolute atomic E-state index is 1.07. The normalized spacial score (nSPS) is 13.3. The number of benzene rings is 2. The van der Waals surface area contributed by atoms with E-state index in [9.17, 15) is 0 Å². The molecule has 0 radical (unpaired) electrons. The SMILES string of the molecule is Cc1ccc(-c2cccc3c2CCN3)c(C)c1. The third-order valence-corrected chi connectivity index (χ3v) is 3.54. The number of aryl methyl sites for hydroxylation is 2. The molecule has 0 fully saturated rings. The number of rotatable bonds is 1. The molecule has 0 unspecified atom stereocenters. The van der Waals surface area contributed by atoms with E-state index in [1.165, 1.54) is 33.5 Å². The van der Waals surface area contributed by atoms with Crippen molar-refractivity contribution < 1.29 is 0 Å². The second kappa shape index (κ2) is 3.92. The average Bonchev–Trinajstić information content (AvgIpc) is 2.77. The first-order valence-corrected chi connectivity index (χ1v) is 6.19. The van der Waals surface area contributed by atoms with Gasteiger partial charge >= 0.3 is 0 Å². The van der Waals surface area contributed by atoms with Gasteiger partial charge in [-0.25, -0.2) is 0 Å². The molecule has 1 heterocycles. The third kappa shape index (κ3) is 1.72. The summed E-state index contributed by atoms with van der Waals surface area (Å²) in [5, 5.41) is 3.44. The molecule has 1 aliphatic heterocycles. The second-order valence-corrected chi connectivity index (χ2v) is 4.83. The maximum absolute atomic E-state index is 3.44. The molecule has 0 amide bonds. The quantitative estimate of drug-likeness (QED) is 0.772. The van der Waals surface area contributed by atoms with Crippen LogP contribution in [0.15, 0.2) is 36.4 Å². The predicted molar refractivity (Wildman–Crippen MR) is 73.5 cm³/mol. The predicted octanol–water partition coefficient (Wildman–Crippen LogP) is 3.94. The first-order valence-electron chi connectivity index (χ1n) is 6.19. The van der Waals surface area contributed by atoms with Gasteiger partial charge in [-0.3, -0.25) is 0 Å². The van der Waals surface area contributed by atoms with E-state index in [0.29, 0.717) is 0 Å². The standard InChI is InChI=1S/C16H17N/c1-11-6-7-13(12(2)10-11)14-4-3-5-16-15(14)8-9-17-16/h3-7,10,17H,8-9H2,1-2H3. The number of hydrogen-bond donors (Lipinski definition) is 1. The van der Waals surface area contributed by atoms with Crippen molar-refractivity contribution in [3.63, 3.8) is 0 Å². The van der Waals surface area contributed by atoms with Crippen molar-refractivity contribution >= 4 is 5.69 Å². The Labute approximate surface area is 102 Å². The van der Waals surface area contributed by atoms with Crippen LogP contribution in [0.25, 0.3) is 11.1 Å². The Hall–Kier alpha value is -1.76. The van der Waals surface area contributed by atoms with Gasteiger partial charge in [0.05, 0.1) is 0 Å². The number of fused-ring (bicyclic) bond motifs is 1. The first-order chi connectivity index (χ1) is 8.25. The van der Waals surface area contributed by atoms with E-state index in [0.717, 1.165) is 13.0 Å². The van der Waals surface area contributed by atoms with Crippen LogP contribution in [0.1, 0.15) is 16.7 Å². The number of hydrogen-bond acceptors (Lipinski definition) is 1. The van der Waals surface area contributed by atoms with Crippen molar-refractivity contribution in [2.75, 3.05) is 11.9 Å². The molecule has 2 aromatic rings. The van der Waals surface area contributed by atoms with Crippen LogP contribution in [0.3, 0.4) is 0 Å². The van der Waals surface area contributed by atoms with Crippen LogP contribution in [0, 0.1) is 13.8 Å². The first kappa shape index (κ1) is 10.4. The molecule has 17 heavy (non-hydrogen) atoms. The highest BCUT2D eigenvalue weighted by Gasteiger charge is 2.15. The fraction of sp³-hybridized carbons (Fsp3) is 0.250. The van der Waals surface area contributed by atoms with Crippen molar-refractivity contribution in [2.24, 2.45) is 0 Å². The molecule has 1 aliphatic rings. The molecule has 0 saturated heterocycles. The van der Waals surface area contributed by atoms with Crippen LogP contribution in [0.2, 0.25) is 0 Å². The lowest BCUT2D eigenvalue weighted by atomic mass is 9.94. The van der Waals surface area contributed by atoms with Gasteiger partial charge in [0.1, 0.15) is 0 Å². The summed E-state index contributed by atoms with van der Waals surface area (Å²) >= 11 is 0. The fourth-order valence-electron chi connectivity index (χ4n) is 2.71. The Bertz CT molecular complexity index is 570. The van der Waals surface area contributed by atoms with Crippen molar-refractivity contribution in [1.29, 1.82) is 0 Å². The lowest BCUT2D eigenvalue weighted by molar-refractivity contribution is 1.11. The van der Waals surface area contributed by atoms with E-state index in [4.69, 9.17) is 0 Å². The molecule has 0 aromatic heterocycles. The summed E-state index contributed by atoms with van der Waals surface area (Å²) in [4.78, 5) is 0. The van der Waals surface area contributed by atoms with Crippen LogP contribution in [-0.2, 0) is 6.42 Å². The zero-order valence-corrected chi connectivity index (χ0v) is 10.4. The number of anilines is 1. The van der Waals surface area contributed by atoms with Crippen LogP contribution in [0.4, 0.5) is 5.69 Å². The van der Waals surface area contributed by atoms with Gasteiger partial charge in [0.2, 0.25) is 0 Å². The molecule has 0 atom stereocenters. The van der Waals surface area contributed by atoms with Crippen LogP contribution >= 0.6 is 0 Å². The fourth-order valence-corrected chi connectivity index (χ4v) is 2.71. The monoisotopic (exact) mass is 223 g/mol. The zero-order valence-electron chi connectivity index (χ0n) is 10.4. The molecule has 0 aliphatic carbocycles. The maximum Gasteiger partial charge on any atom is 0.0379 e. The van der Waals surface area contributed by atoms with E-state index in [-0.39, 0.29) is 0 Å². The topological polar surface area (TPSA) is 12.0 Å². The molecule has 1 N–H and O–H groups in total. The molecule has 0 spiro atoms. The Morgan fingerprint density at radius 3 is 2.71 bits per heavy atom. The molecule has 1 heteroatoms. The largest absolute Gasteiger partial charge is 0.384 e. The highest BCUT2D eigenvalue weighted by Crippen LogP contribution is 2.34. The lowest BCUT2D eigenvalue weighted by Gasteiger charge is -2.11. The van der Waals surface area contributed by atoms with E-state index < -0.39 is 0 Å². The molecular weight excluding hydrogens is 206 g/mol. The van der Waals surface area contributed by atoms with Gasteiger partial charge in [-0.05, 0) is 48.6 Å². The molecule has 2 aromatic carbocycles. The Morgan fingerprint density at radius 2 is 1.88 bits per heavy atom. The zero-order chi connectivity index (χ0) is 11.8. The van der Waals surface area contributed by atoms with Crippen LogP contribution in [0.5, 0.6) is 0 Å². The average molecular weight is 223 g/mol. The molecule has 1 nitrogen and oxygen atoms in total. The summed E-state index contributed by atoms with van der Waals surface area (Å²) in [6.07, 6.45) is 1.14. The van der Waals surface area contributed by atoms with E-state index in [1.807, 2.05) is 0 Å². The smallest absolute Gasteiger partial charge is 0.0379 e. The summed E-state index contributed by atoms with van der Waals surface area (Å²) in [6.45, 7) is 5.41. The van der Waals surface area contributed by atoms with Gasteiger partial charge in [0, 0.05) is 12.2 Å². The summed E-state index contributed by atoms with van der Waals surface area (Å²) in [7, 11) is 0. The Kier molecular flexibility index (Phi) is 2.40. The van der Waals surface area contributed by atoms with Gasteiger partial charge in [0.25, 0.3) is 0 Å². The molecule has 3 rings (SSSR count). The minimum atomic E-state index is 1.07. The summed E-state index contributed by atoms with van der Waals surface area (Å²) in [6, 6.07) is 13.3. The van der Waals surface area contributed by atoms with E-state index in [1.54, 1.807) is 0 Å². The van der Waals surface area contributed by atoms with Gasteiger partial charge in [-0.1, -0.05) is 35.9 Å². The lowest BCUT2D eigenvalue weighted by Crippen LogP contribution is -1.90. The molecular formula is C16H17N. The summed E-state index contributed by atoms with van der Waals surface area (Å²) in [5.74, 6) is 0. The van der Waals surface area contributed by atoms with Crippen molar-refractivity contribution in [3.8, 4) is 11.1 Å². The van der Waals surface area contributed by atoms with Crippen LogP contribution < -0.4 is 5.32 Å². The molecule has 0 bridgehead atoms. The highest BCUT2D eigenvalue weighted by atomic mass is 14.9. The molecule has 86 valence electrons. The third-order valence-electron chi connectivity index (χ3n) is 3.54. The van der Waals surface area contributed by atoms with Gasteiger partial charge in [0.15, 0.2) is 0 Å².